The van der Waals surface area contributed by atoms with E-state index in [-0.39, 0.29) is 0 Å². The van der Waals surface area contributed by atoms with Gasteiger partial charge in [0.05, 0.1) is 6.54 Å². The van der Waals surface area contributed by atoms with Crippen molar-refractivity contribution in [2.24, 2.45) is 0 Å². The van der Waals surface area contributed by atoms with Crippen molar-refractivity contribution in [2.45, 2.75) is 19.9 Å². The molecule has 0 amide bonds. The molecule has 23 heavy (non-hydrogen) atoms. The number of aromatic nitrogens is 4. The first-order chi connectivity index (χ1) is 11.3. The highest BCUT2D eigenvalue weighted by atomic mass is 32.1. The van der Waals surface area contributed by atoms with Crippen LogP contribution in [-0.4, -0.2) is 19.8 Å². The number of hydrogen-bond donors (Lipinski definition) is 1. The Balaban J connectivity index is 1.59. The number of hydrogen-bond acceptors (Lipinski definition) is 6. The maximum absolute atomic E-state index is 4.62. The number of anilines is 1. The van der Waals surface area contributed by atoms with E-state index in [1.807, 2.05) is 34.9 Å². The van der Waals surface area contributed by atoms with Crippen LogP contribution in [0.15, 0.2) is 41.1 Å². The van der Waals surface area contributed by atoms with Gasteiger partial charge in [0.2, 0.25) is 0 Å². The van der Waals surface area contributed by atoms with Crippen molar-refractivity contribution in [3.05, 3.63) is 50.8 Å². The molecule has 0 radical (unpaired) electrons. The van der Waals surface area contributed by atoms with Gasteiger partial charge in [0.1, 0.15) is 5.82 Å². The van der Waals surface area contributed by atoms with Gasteiger partial charge in [-0.15, -0.1) is 26.6 Å². The largest absolute Gasteiger partial charge is 0.364 e. The molecule has 0 bridgehead atoms. The van der Waals surface area contributed by atoms with Gasteiger partial charge in [0.15, 0.2) is 11.5 Å². The number of aryl methyl sites for hydroxylation is 1. The first-order valence-corrected chi connectivity index (χ1v) is 9.16. The number of nitrogens with zero attached hydrogens (tertiary/aromatic N) is 4. The Morgan fingerprint density at radius 3 is 2.78 bits per heavy atom. The Morgan fingerprint density at radius 2 is 2.00 bits per heavy atom. The fourth-order valence-corrected chi connectivity index (χ4v) is 3.87. The highest BCUT2D eigenvalue weighted by Gasteiger charge is 2.10. The normalized spacial score (nSPS) is 11.2. The van der Waals surface area contributed by atoms with E-state index in [0.717, 1.165) is 35.8 Å². The average molecular weight is 341 g/mol. The smallest absolute Gasteiger partial charge is 0.186 e. The molecule has 0 saturated heterocycles. The van der Waals surface area contributed by atoms with Gasteiger partial charge in [-0.3, -0.25) is 0 Å². The zero-order valence-corrected chi connectivity index (χ0v) is 14.2. The third-order valence-corrected chi connectivity index (χ3v) is 5.46. The Bertz CT molecular complexity index is 923. The van der Waals surface area contributed by atoms with Crippen molar-refractivity contribution < 1.29 is 0 Å². The molecule has 0 fully saturated rings. The van der Waals surface area contributed by atoms with Gasteiger partial charge >= 0.3 is 0 Å². The monoisotopic (exact) mass is 341 g/mol. The van der Waals surface area contributed by atoms with Crippen LogP contribution in [-0.2, 0) is 13.0 Å². The van der Waals surface area contributed by atoms with Gasteiger partial charge < -0.3 is 5.32 Å². The van der Waals surface area contributed by atoms with E-state index < -0.39 is 0 Å². The zero-order valence-electron chi connectivity index (χ0n) is 12.6. The third kappa shape index (κ3) is 2.85. The van der Waals surface area contributed by atoms with E-state index >= 15 is 0 Å². The molecule has 0 spiro atoms. The second kappa shape index (κ2) is 6.10. The molecule has 4 aromatic rings. The van der Waals surface area contributed by atoms with Crippen LogP contribution in [0, 0.1) is 0 Å². The van der Waals surface area contributed by atoms with E-state index in [9.17, 15) is 0 Å². The molecule has 0 aliphatic heterocycles. The van der Waals surface area contributed by atoms with Gasteiger partial charge in [0, 0.05) is 20.7 Å². The van der Waals surface area contributed by atoms with Crippen LogP contribution < -0.4 is 5.32 Å². The lowest BCUT2D eigenvalue weighted by Gasteiger charge is -2.04. The van der Waals surface area contributed by atoms with Crippen LogP contribution in [0.5, 0.6) is 0 Å². The van der Waals surface area contributed by atoms with Gasteiger partial charge in [-0.25, -0.2) is 0 Å². The Hall–Kier alpha value is -2.25. The molecule has 7 heteroatoms. The summed E-state index contributed by atoms with van der Waals surface area (Å²) in [5, 5.41) is 20.5. The molecule has 4 rings (SSSR count). The van der Waals surface area contributed by atoms with E-state index in [1.165, 1.54) is 9.75 Å². The van der Waals surface area contributed by atoms with E-state index in [2.05, 4.69) is 45.0 Å². The first kappa shape index (κ1) is 14.3. The summed E-state index contributed by atoms with van der Waals surface area (Å²) in [6.45, 7) is 2.95. The average Bonchev–Trinajstić information content (AvgIpc) is 3.31. The zero-order chi connectivity index (χ0) is 15.6. The van der Waals surface area contributed by atoms with Gasteiger partial charge in [-0.1, -0.05) is 6.92 Å². The highest BCUT2D eigenvalue weighted by Crippen LogP contribution is 2.21. The molecular weight excluding hydrogens is 326 g/mol. The fourth-order valence-electron chi connectivity index (χ4n) is 2.34. The molecule has 0 saturated carbocycles. The van der Waals surface area contributed by atoms with Crippen molar-refractivity contribution in [3.8, 4) is 11.4 Å². The number of thiophene rings is 2. The van der Waals surface area contributed by atoms with Crippen LogP contribution in [0.3, 0.4) is 0 Å². The molecule has 0 aromatic carbocycles. The summed E-state index contributed by atoms with van der Waals surface area (Å²) in [4.78, 5) is 2.72. The SMILES string of the molecule is CCc1ccc(CNc2ccc3nnc(-c4ccsc4)n3n2)s1. The van der Waals surface area contributed by atoms with Crippen LogP contribution in [0.2, 0.25) is 0 Å². The summed E-state index contributed by atoms with van der Waals surface area (Å²) in [5.74, 6) is 1.59. The number of nitrogens with one attached hydrogen (secondary N) is 1. The molecule has 0 aliphatic rings. The lowest BCUT2D eigenvalue weighted by atomic mass is 10.3. The summed E-state index contributed by atoms with van der Waals surface area (Å²) in [6.07, 6.45) is 1.08. The van der Waals surface area contributed by atoms with Crippen molar-refractivity contribution in [1.29, 1.82) is 0 Å². The predicted octanol–water partition coefficient (Wildman–Crippen LogP) is 4.09. The minimum Gasteiger partial charge on any atom is -0.364 e. The molecule has 0 atom stereocenters. The summed E-state index contributed by atoms with van der Waals surface area (Å²) in [5.41, 5.74) is 1.79. The topological polar surface area (TPSA) is 55.1 Å². The number of fused-ring (bicyclic) bond motifs is 1. The summed E-state index contributed by atoms with van der Waals surface area (Å²) >= 11 is 3.48. The van der Waals surface area contributed by atoms with Crippen molar-refractivity contribution in [3.63, 3.8) is 0 Å². The predicted molar refractivity (Wildman–Crippen MR) is 95.1 cm³/mol. The molecule has 1 N–H and O–H groups in total. The summed E-state index contributed by atoms with van der Waals surface area (Å²) < 4.78 is 1.79. The van der Waals surface area contributed by atoms with Crippen molar-refractivity contribution in [2.75, 3.05) is 5.32 Å². The molecule has 116 valence electrons. The van der Waals surface area contributed by atoms with Crippen molar-refractivity contribution in [1.82, 2.24) is 19.8 Å². The molecule has 4 aromatic heterocycles. The van der Waals surface area contributed by atoms with Crippen LogP contribution in [0.1, 0.15) is 16.7 Å². The fraction of sp³-hybridized carbons (Fsp3) is 0.188. The molecule has 0 aliphatic carbocycles. The second-order valence-corrected chi connectivity index (χ2v) is 7.13. The van der Waals surface area contributed by atoms with Gasteiger partial charge in [-0.2, -0.15) is 15.9 Å². The minimum atomic E-state index is 0.751. The first-order valence-electron chi connectivity index (χ1n) is 7.40. The van der Waals surface area contributed by atoms with E-state index in [1.54, 1.807) is 15.9 Å². The quantitative estimate of drug-likeness (QED) is 0.594. The van der Waals surface area contributed by atoms with Crippen LogP contribution >= 0.6 is 22.7 Å². The standard InChI is InChI=1S/C16H15N5S2/c1-2-12-3-4-13(23-12)9-17-14-5-6-15-18-19-16(21(15)20-14)11-7-8-22-10-11/h3-8,10H,2,9H2,1H3,(H,17,20). The minimum absolute atomic E-state index is 0.751. The second-order valence-electron chi connectivity index (χ2n) is 5.10. The Labute approximate surface area is 141 Å². The summed E-state index contributed by atoms with van der Waals surface area (Å²) in [6, 6.07) is 10.3. The lowest BCUT2D eigenvalue weighted by molar-refractivity contribution is 0.928. The molecule has 5 nitrogen and oxygen atoms in total. The van der Waals surface area contributed by atoms with Crippen molar-refractivity contribution >= 4 is 34.1 Å². The third-order valence-electron chi connectivity index (χ3n) is 3.55. The molecular formula is C16H15N5S2. The van der Waals surface area contributed by atoms with E-state index in [4.69, 9.17) is 0 Å². The van der Waals surface area contributed by atoms with Gasteiger partial charge in [-0.05, 0) is 42.1 Å². The maximum Gasteiger partial charge on any atom is 0.186 e. The lowest BCUT2D eigenvalue weighted by Crippen LogP contribution is -2.03. The summed E-state index contributed by atoms with van der Waals surface area (Å²) in [7, 11) is 0. The number of rotatable bonds is 5. The Morgan fingerprint density at radius 1 is 1.09 bits per heavy atom. The van der Waals surface area contributed by atoms with Crippen LogP contribution in [0.4, 0.5) is 5.82 Å². The highest BCUT2D eigenvalue weighted by molar-refractivity contribution is 7.12. The molecule has 0 unspecified atom stereocenters. The van der Waals surface area contributed by atoms with E-state index in [0.29, 0.717) is 0 Å². The van der Waals surface area contributed by atoms with Crippen LogP contribution in [0.25, 0.3) is 17.0 Å². The Kier molecular flexibility index (Phi) is 3.80. The van der Waals surface area contributed by atoms with Gasteiger partial charge in [0.25, 0.3) is 0 Å². The molecule has 4 heterocycles. The maximum atomic E-state index is 4.62.